The van der Waals surface area contributed by atoms with Crippen LogP contribution in [0.3, 0.4) is 0 Å². The fourth-order valence-electron chi connectivity index (χ4n) is 2.58. The molecule has 1 heterocycles. The van der Waals surface area contributed by atoms with Gasteiger partial charge in [-0.3, -0.25) is 14.6 Å². The maximum absolute atomic E-state index is 12.8. The highest BCUT2D eigenvalue weighted by Crippen LogP contribution is 2.16. The lowest BCUT2D eigenvalue weighted by molar-refractivity contribution is 0.0952. The zero-order chi connectivity index (χ0) is 18.9. The second-order valence-electron chi connectivity index (χ2n) is 6.23. The molecule has 0 bridgehead atoms. The van der Waals surface area contributed by atoms with Gasteiger partial charge in [0.2, 0.25) is 0 Å². The molecule has 0 unspecified atom stereocenters. The Morgan fingerprint density at radius 1 is 1.12 bits per heavy atom. The lowest BCUT2D eigenvalue weighted by Crippen LogP contribution is -2.32. The summed E-state index contributed by atoms with van der Waals surface area (Å²) in [5.41, 5.74) is 1.51. The molecular weight excluding hydrogens is 328 g/mol. The summed E-state index contributed by atoms with van der Waals surface area (Å²) in [5.74, 6) is -0.413. The van der Waals surface area contributed by atoms with Crippen LogP contribution in [0.15, 0.2) is 48.7 Å². The van der Waals surface area contributed by atoms with Crippen molar-refractivity contribution < 1.29 is 9.59 Å². The van der Waals surface area contributed by atoms with Gasteiger partial charge in [-0.05, 0) is 58.3 Å². The first kappa shape index (κ1) is 19.6. The van der Waals surface area contributed by atoms with E-state index in [0.717, 1.165) is 18.7 Å². The molecule has 0 atom stereocenters. The summed E-state index contributed by atoms with van der Waals surface area (Å²) in [6.45, 7) is 3.92. The fourth-order valence-corrected chi connectivity index (χ4v) is 2.58. The summed E-state index contributed by atoms with van der Waals surface area (Å²) in [5, 5.41) is 2.88. The van der Waals surface area contributed by atoms with Crippen LogP contribution in [0.1, 0.15) is 34.2 Å². The smallest absolute Gasteiger partial charge is 0.276 e. The molecule has 2 amide bonds. The molecular formula is C20H26N4O2. The predicted octanol–water partition coefficient (Wildman–Crippen LogP) is 2.43. The quantitative estimate of drug-likeness (QED) is 0.740. The Labute approximate surface area is 154 Å². The Hall–Kier alpha value is -2.73. The molecule has 1 aromatic carbocycles. The lowest BCUT2D eigenvalue weighted by atomic mass is 10.2. The molecule has 26 heavy (non-hydrogen) atoms. The molecule has 1 N–H and O–H groups in total. The van der Waals surface area contributed by atoms with Gasteiger partial charge in [-0.1, -0.05) is 18.2 Å². The number of hydrogen-bond acceptors (Lipinski definition) is 4. The first-order chi connectivity index (χ1) is 12.5. The molecule has 2 aromatic rings. The molecule has 0 aliphatic heterocycles. The van der Waals surface area contributed by atoms with E-state index in [4.69, 9.17) is 0 Å². The molecule has 0 saturated heterocycles. The Morgan fingerprint density at radius 2 is 1.85 bits per heavy atom. The number of amides is 2. The highest BCUT2D eigenvalue weighted by Gasteiger charge is 2.18. The zero-order valence-corrected chi connectivity index (χ0v) is 15.6. The summed E-state index contributed by atoms with van der Waals surface area (Å²) >= 11 is 0. The summed E-state index contributed by atoms with van der Waals surface area (Å²) in [6.07, 6.45) is 2.37. The first-order valence-electron chi connectivity index (χ1n) is 8.78. The normalized spacial score (nSPS) is 10.6. The molecule has 0 saturated carbocycles. The minimum Gasteiger partial charge on any atom is -0.352 e. The summed E-state index contributed by atoms with van der Waals surface area (Å²) in [4.78, 5) is 33.0. The number of nitrogens with one attached hydrogen (secondary N) is 1. The molecule has 0 aliphatic rings. The van der Waals surface area contributed by atoms with Gasteiger partial charge in [-0.25, -0.2) is 0 Å². The average molecular weight is 354 g/mol. The number of benzene rings is 1. The third-order valence-electron chi connectivity index (χ3n) is 3.94. The van der Waals surface area contributed by atoms with Crippen LogP contribution in [0.25, 0.3) is 0 Å². The van der Waals surface area contributed by atoms with Crippen molar-refractivity contribution in [1.82, 2.24) is 15.2 Å². The Bertz CT molecular complexity index is 732. The molecule has 0 spiro atoms. The third-order valence-corrected chi connectivity index (χ3v) is 3.94. The van der Waals surface area contributed by atoms with Crippen LogP contribution in [0.4, 0.5) is 5.69 Å². The lowest BCUT2D eigenvalue weighted by Gasteiger charge is -2.20. The summed E-state index contributed by atoms with van der Waals surface area (Å²) < 4.78 is 0. The molecule has 1 aromatic heterocycles. The highest BCUT2D eigenvalue weighted by molar-refractivity contribution is 6.06. The molecule has 2 rings (SSSR count). The highest BCUT2D eigenvalue weighted by atomic mass is 16.2. The van der Waals surface area contributed by atoms with Crippen LogP contribution in [-0.4, -0.2) is 55.4 Å². The van der Waals surface area contributed by atoms with E-state index >= 15 is 0 Å². The number of carbonyl (C=O) groups is 2. The number of rotatable bonds is 8. The van der Waals surface area contributed by atoms with Crippen molar-refractivity contribution in [3.63, 3.8) is 0 Å². The van der Waals surface area contributed by atoms with E-state index in [2.05, 4.69) is 15.2 Å². The summed E-state index contributed by atoms with van der Waals surface area (Å²) in [7, 11) is 3.99. The Kier molecular flexibility index (Phi) is 7.29. The van der Waals surface area contributed by atoms with E-state index in [1.807, 2.05) is 51.4 Å². The van der Waals surface area contributed by atoms with Crippen molar-refractivity contribution in [3.8, 4) is 0 Å². The van der Waals surface area contributed by atoms with Gasteiger partial charge in [0.25, 0.3) is 11.8 Å². The first-order valence-corrected chi connectivity index (χ1v) is 8.78. The topological polar surface area (TPSA) is 65.5 Å². The predicted molar refractivity (Wildman–Crippen MR) is 104 cm³/mol. The number of aromatic nitrogens is 1. The van der Waals surface area contributed by atoms with Gasteiger partial charge in [-0.2, -0.15) is 0 Å². The van der Waals surface area contributed by atoms with Crippen LogP contribution in [0, 0.1) is 0 Å². The molecule has 0 radical (unpaired) electrons. The number of carbonyl (C=O) groups excluding carboxylic acids is 2. The van der Waals surface area contributed by atoms with E-state index in [-0.39, 0.29) is 17.5 Å². The monoisotopic (exact) mass is 354 g/mol. The van der Waals surface area contributed by atoms with Gasteiger partial charge >= 0.3 is 0 Å². The van der Waals surface area contributed by atoms with Crippen LogP contribution >= 0.6 is 0 Å². The largest absolute Gasteiger partial charge is 0.352 e. The minimum atomic E-state index is -0.221. The van der Waals surface area contributed by atoms with E-state index in [9.17, 15) is 9.59 Å². The van der Waals surface area contributed by atoms with Crippen LogP contribution in [0.2, 0.25) is 0 Å². The van der Waals surface area contributed by atoms with Crippen molar-refractivity contribution in [2.75, 3.05) is 38.6 Å². The number of nitrogens with zero attached hydrogens (tertiary/aromatic N) is 3. The third kappa shape index (κ3) is 5.39. The van der Waals surface area contributed by atoms with Gasteiger partial charge in [0.15, 0.2) is 0 Å². The molecule has 6 nitrogen and oxygen atoms in total. The number of para-hydroxylation sites is 1. The van der Waals surface area contributed by atoms with E-state index in [1.165, 1.54) is 6.20 Å². The maximum atomic E-state index is 12.8. The molecule has 0 aliphatic carbocycles. The molecule has 6 heteroatoms. The second kappa shape index (κ2) is 9.68. The van der Waals surface area contributed by atoms with E-state index in [1.54, 1.807) is 17.0 Å². The van der Waals surface area contributed by atoms with Crippen molar-refractivity contribution in [2.24, 2.45) is 0 Å². The average Bonchev–Trinajstić information content (AvgIpc) is 2.66. The number of pyridine rings is 1. The van der Waals surface area contributed by atoms with E-state index < -0.39 is 0 Å². The van der Waals surface area contributed by atoms with Gasteiger partial charge in [0, 0.05) is 30.5 Å². The molecule has 0 fully saturated rings. The Balaban J connectivity index is 2.07. The zero-order valence-electron chi connectivity index (χ0n) is 15.6. The van der Waals surface area contributed by atoms with Crippen LogP contribution in [-0.2, 0) is 0 Å². The van der Waals surface area contributed by atoms with Crippen molar-refractivity contribution in [2.45, 2.75) is 13.3 Å². The van der Waals surface area contributed by atoms with Gasteiger partial charge < -0.3 is 15.1 Å². The van der Waals surface area contributed by atoms with Crippen LogP contribution < -0.4 is 10.2 Å². The van der Waals surface area contributed by atoms with Gasteiger partial charge in [0.1, 0.15) is 5.69 Å². The van der Waals surface area contributed by atoms with Gasteiger partial charge in [-0.15, -0.1) is 0 Å². The van der Waals surface area contributed by atoms with Crippen molar-refractivity contribution in [1.29, 1.82) is 0 Å². The van der Waals surface area contributed by atoms with E-state index in [0.29, 0.717) is 18.7 Å². The summed E-state index contributed by atoms with van der Waals surface area (Å²) in [6, 6.07) is 12.6. The number of anilines is 1. The van der Waals surface area contributed by atoms with Crippen LogP contribution in [0.5, 0.6) is 0 Å². The second-order valence-corrected chi connectivity index (χ2v) is 6.23. The minimum absolute atomic E-state index is 0.192. The fraction of sp³-hybridized carbons (Fsp3) is 0.350. The molecule has 138 valence electrons. The Morgan fingerprint density at radius 3 is 2.50 bits per heavy atom. The number of hydrogen-bond donors (Lipinski definition) is 1. The SMILES string of the molecule is CCN(C(=O)c1cc(C(=O)NCCCN(C)C)ccn1)c1ccccc1. The standard InChI is InChI=1S/C20H26N4O2/c1-4-24(17-9-6-5-7-10-17)20(26)18-15-16(11-13-21-18)19(25)22-12-8-14-23(2)3/h5-7,9-11,13,15H,4,8,12,14H2,1-3H3,(H,22,25). The van der Waals surface area contributed by atoms with Crippen molar-refractivity contribution >= 4 is 17.5 Å². The van der Waals surface area contributed by atoms with Gasteiger partial charge in [0.05, 0.1) is 0 Å². The van der Waals surface area contributed by atoms with Crippen molar-refractivity contribution in [3.05, 3.63) is 59.9 Å². The maximum Gasteiger partial charge on any atom is 0.276 e.